The highest BCUT2D eigenvalue weighted by Gasteiger charge is 2.05. The number of guanidine groups is 1. The molecule has 2 aromatic heterocycles. The van der Waals surface area contributed by atoms with Crippen LogP contribution in [0.4, 0.5) is 0 Å². The van der Waals surface area contributed by atoms with Crippen LogP contribution in [0.2, 0.25) is 5.02 Å². The predicted molar refractivity (Wildman–Crippen MR) is 112 cm³/mol. The third-order valence-corrected chi connectivity index (χ3v) is 4.78. The molecule has 3 rings (SSSR count). The van der Waals surface area contributed by atoms with Crippen molar-refractivity contribution < 1.29 is 4.74 Å². The first-order valence-electron chi connectivity index (χ1n) is 9.27. The summed E-state index contributed by atoms with van der Waals surface area (Å²) in [5, 5.41) is 15.8. The van der Waals surface area contributed by atoms with Crippen molar-refractivity contribution in [1.29, 1.82) is 0 Å². The topological polar surface area (TPSA) is 75.8 Å². The lowest BCUT2D eigenvalue weighted by Crippen LogP contribution is -2.38. The molecule has 0 atom stereocenters. The third-order valence-electron chi connectivity index (χ3n) is 4.42. The van der Waals surface area contributed by atoms with Crippen molar-refractivity contribution in [3.8, 4) is 5.75 Å². The highest BCUT2D eigenvalue weighted by atomic mass is 35.5. The van der Waals surface area contributed by atoms with Crippen LogP contribution in [0.25, 0.3) is 5.65 Å². The second-order valence-corrected chi connectivity index (χ2v) is 6.69. The molecule has 0 saturated heterocycles. The molecule has 8 heteroatoms. The lowest BCUT2D eigenvalue weighted by molar-refractivity contribution is 0.414. The molecule has 28 heavy (non-hydrogen) atoms. The molecular formula is C20H25ClN6O. The fraction of sp³-hybridized carbons (Fsp3) is 0.350. The van der Waals surface area contributed by atoms with E-state index in [4.69, 9.17) is 16.3 Å². The molecule has 0 radical (unpaired) electrons. The third kappa shape index (κ3) is 5.13. The van der Waals surface area contributed by atoms with Gasteiger partial charge in [0.05, 0.1) is 7.11 Å². The van der Waals surface area contributed by atoms with Gasteiger partial charge in [-0.05, 0) is 42.7 Å². The molecule has 0 aliphatic heterocycles. The smallest absolute Gasteiger partial charge is 0.190 e. The van der Waals surface area contributed by atoms with Crippen LogP contribution in [0.1, 0.15) is 17.8 Å². The summed E-state index contributed by atoms with van der Waals surface area (Å²) < 4.78 is 7.20. The molecule has 0 aliphatic rings. The lowest BCUT2D eigenvalue weighted by Gasteiger charge is -2.12. The fourth-order valence-corrected chi connectivity index (χ4v) is 3.17. The summed E-state index contributed by atoms with van der Waals surface area (Å²) in [7, 11) is 3.40. The second kappa shape index (κ2) is 9.94. The number of benzene rings is 1. The van der Waals surface area contributed by atoms with E-state index < -0.39 is 0 Å². The zero-order valence-electron chi connectivity index (χ0n) is 16.2. The van der Waals surface area contributed by atoms with Gasteiger partial charge in [-0.15, -0.1) is 10.2 Å². The van der Waals surface area contributed by atoms with E-state index in [9.17, 15) is 0 Å². The minimum absolute atomic E-state index is 0.713. The van der Waals surface area contributed by atoms with Gasteiger partial charge >= 0.3 is 0 Å². The van der Waals surface area contributed by atoms with Gasteiger partial charge in [-0.3, -0.25) is 9.39 Å². The molecule has 148 valence electrons. The molecule has 0 unspecified atom stereocenters. The maximum Gasteiger partial charge on any atom is 0.190 e. The van der Waals surface area contributed by atoms with Crippen molar-refractivity contribution in [3.63, 3.8) is 0 Å². The van der Waals surface area contributed by atoms with Gasteiger partial charge in [0.25, 0.3) is 0 Å². The molecule has 0 saturated carbocycles. The number of ether oxygens (including phenoxy) is 1. The standard InChI is InChI=1S/C20H25ClN6O/c1-22-20(24-12-10-15-8-9-16(28-2)14-17(15)21)23-11-5-7-19-26-25-18-6-3-4-13-27(18)19/h3-4,6,8-9,13-14H,5,7,10-12H2,1-2H3,(H2,22,23,24). The number of halogens is 1. The Labute approximate surface area is 169 Å². The van der Waals surface area contributed by atoms with Gasteiger partial charge < -0.3 is 15.4 Å². The van der Waals surface area contributed by atoms with Crippen LogP contribution in [0, 0.1) is 0 Å². The number of hydrogen-bond acceptors (Lipinski definition) is 4. The molecule has 3 aromatic rings. The first-order chi connectivity index (χ1) is 13.7. The van der Waals surface area contributed by atoms with E-state index in [-0.39, 0.29) is 0 Å². The van der Waals surface area contributed by atoms with E-state index in [2.05, 4.69) is 25.8 Å². The number of nitrogens with zero attached hydrogens (tertiary/aromatic N) is 4. The maximum absolute atomic E-state index is 6.28. The molecule has 7 nitrogen and oxygen atoms in total. The normalized spacial score (nSPS) is 11.6. The number of rotatable bonds is 8. The average Bonchev–Trinajstić information content (AvgIpc) is 3.14. The number of nitrogens with one attached hydrogen (secondary N) is 2. The largest absolute Gasteiger partial charge is 0.497 e. The quantitative estimate of drug-likeness (QED) is 0.345. The van der Waals surface area contributed by atoms with Gasteiger partial charge in [-0.25, -0.2) is 0 Å². The Bertz CT molecular complexity index is 939. The highest BCUT2D eigenvalue weighted by molar-refractivity contribution is 6.31. The van der Waals surface area contributed by atoms with E-state index in [0.29, 0.717) is 5.02 Å². The number of aliphatic imine (C=N–C) groups is 1. The van der Waals surface area contributed by atoms with Crippen molar-refractivity contribution in [3.05, 3.63) is 59.0 Å². The second-order valence-electron chi connectivity index (χ2n) is 6.28. The average molecular weight is 401 g/mol. The Balaban J connectivity index is 1.40. The van der Waals surface area contributed by atoms with Crippen LogP contribution in [0.15, 0.2) is 47.6 Å². The van der Waals surface area contributed by atoms with Crippen LogP contribution in [0.5, 0.6) is 5.75 Å². The van der Waals surface area contributed by atoms with Gasteiger partial charge in [-0.1, -0.05) is 23.7 Å². The number of pyridine rings is 1. The van der Waals surface area contributed by atoms with E-state index in [0.717, 1.165) is 61.1 Å². The van der Waals surface area contributed by atoms with Crippen molar-refractivity contribution in [1.82, 2.24) is 25.2 Å². The molecule has 0 amide bonds. The van der Waals surface area contributed by atoms with Gasteiger partial charge in [0.15, 0.2) is 11.6 Å². The van der Waals surface area contributed by atoms with Gasteiger partial charge in [0, 0.05) is 37.8 Å². The van der Waals surface area contributed by atoms with E-state index in [1.165, 1.54) is 0 Å². The molecule has 1 aromatic carbocycles. The molecule has 0 spiro atoms. The SMILES string of the molecule is CN=C(NCCCc1nnc2ccccn12)NCCc1ccc(OC)cc1Cl. The molecule has 2 heterocycles. The van der Waals surface area contributed by atoms with Crippen LogP contribution in [-0.4, -0.2) is 47.8 Å². The maximum atomic E-state index is 6.28. The lowest BCUT2D eigenvalue weighted by atomic mass is 10.1. The van der Waals surface area contributed by atoms with Gasteiger partial charge in [0.2, 0.25) is 0 Å². The first kappa shape index (κ1) is 19.9. The number of methoxy groups -OCH3 is 1. The Morgan fingerprint density at radius 1 is 1.14 bits per heavy atom. The van der Waals surface area contributed by atoms with Crippen LogP contribution < -0.4 is 15.4 Å². The molecular weight excluding hydrogens is 376 g/mol. The number of aryl methyl sites for hydroxylation is 1. The fourth-order valence-electron chi connectivity index (χ4n) is 2.91. The van der Waals surface area contributed by atoms with Gasteiger partial charge in [0.1, 0.15) is 11.6 Å². The summed E-state index contributed by atoms with van der Waals surface area (Å²) in [6.07, 6.45) is 4.56. The van der Waals surface area contributed by atoms with E-state index in [1.807, 2.05) is 47.0 Å². The van der Waals surface area contributed by atoms with Crippen molar-refractivity contribution in [2.24, 2.45) is 4.99 Å². The summed E-state index contributed by atoms with van der Waals surface area (Å²) in [6, 6.07) is 11.6. The minimum atomic E-state index is 0.713. The summed E-state index contributed by atoms with van der Waals surface area (Å²) in [5.41, 5.74) is 1.95. The van der Waals surface area contributed by atoms with Crippen LogP contribution in [0.3, 0.4) is 0 Å². The monoisotopic (exact) mass is 400 g/mol. The Morgan fingerprint density at radius 3 is 2.79 bits per heavy atom. The number of fused-ring (bicyclic) bond motifs is 1. The molecule has 0 aliphatic carbocycles. The summed E-state index contributed by atoms with van der Waals surface area (Å²) in [5.74, 6) is 2.50. The van der Waals surface area contributed by atoms with Crippen LogP contribution >= 0.6 is 11.6 Å². The summed E-state index contributed by atoms with van der Waals surface area (Å²) in [6.45, 7) is 1.53. The van der Waals surface area contributed by atoms with Crippen molar-refractivity contribution >= 4 is 23.2 Å². The van der Waals surface area contributed by atoms with Crippen molar-refractivity contribution in [2.75, 3.05) is 27.2 Å². The predicted octanol–water partition coefficient (Wildman–Crippen LogP) is 2.73. The Hall–Kier alpha value is -2.80. The number of aromatic nitrogens is 3. The minimum Gasteiger partial charge on any atom is -0.497 e. The first-order valence-corrected chi connectivity index (χ1v) is 9.64. The van der Waals surface area contributed by atoms with Crippen molar-refractivity contribution in [2.45, 2.75) is 19.3 Å². The summed E-state index contributed by atoms with van der Waals surface area (Å²) >= 11 is 6.28. The zero-order chi connectivity index (χ0) is 19.8. The van der Waals surface area contributed by atoms with Crippen LogP contribution in [-0.2, 0) is 12.8 Å². The van der Waals surface area contributed by atoms with E-state index >= 15 is 0 Å². The highest BCUT2D eigenvalue weighted by Crippen LogP contribution is 2.22. The molecule has 0 bridgehead atoms. The zero-order valence-corrected chi connectivity index (χ0v) is 16.9. The molecule has 2 N–H and O–H groups in total. The Morgan fingerprint density at radius 2 is 2.00 bits per heavy atom. The van der Waals surface area contributed by atoms with E-state index in [1.54, 1.807) is 14.2 Å². The number of hydrogen-bond donors (Lipinski definition) is 2. The summed E-state index contributed by atoms with van der Waals surface area (Å²) in [4.78, 5) is 4.26. The Kier molecular flexibility index (Phi) is 7.08. The van der Waals surface area contributed by atoms with Gasteiger partial charge in [-0.2, -0.15) is 0 Å². The molecule has 0 fully saturated rings.